The minimum Gasteiger partial charge on any atom is -0.368 e. The van der Waals surface area contributed by atoms with E-state index in [4.69, 9.17) is 4.74 Å². The Balaban J connectivity index is 3.04. The highest BCUT2D eigenvalue weighted by Gasteiger charge is 1.95. The van der Waals surface area contributed by atoms with E-state index in [1.165, 1.54) is 0 Å². The highest BCUT2D eigenvalue weighted by atomic mass is 32.2. The molecule has 0 N–H and O–H groups in total. The SMILES string of the molecule is C=CCC(C)OCSC. The van der Waals surface area contributed by atoms with Gasteiger partial charge in [-0.25, -0.2) is 0 Å². The van der Waals surface area contributed by atoms with Crippen LogP contribution in [0.4, 0.5) is 0 Å². The predicted octanol–water partition coefficient (Wildman–Crippen LogP) is 2.29. The van der Waals surface area contributed by atoms with Crippen molar-refractivity contribution in [2.24, 2.45) is 0 Å². The highest BCUT2D eigenvalue weighted by Crippen LogP contribution is 2.01. The summed E-state index contributed by atoms with van der Waals surface area (Å²) in [5, 5.41) is 0. The van der Waals surface area contributed by atoms with Crippen molar-refractivity contribution in [1.82, 2.24) is 0 Å². The van der Waals surface area contributed by atoms with Crippen molar-refractivity contribution < 1.29 is 4.74 Å². The van der Waals surface area contributed by atoms with Crippen molar-refractivity contribution in [3.05, 3.63) is 12.7 Å². The lowest BCUT2D eigenvalue weighted by molar-refractivity contribution is 0.108. The van der Waals surface area contributed by atoms with E-state index in [0.29, 0.717) is 6.10 Å². The number of hydrogen-bond acceptors (Lipinski definition) is 2. The van der Waals surface area contributed by atoms with Crippen molar-refractivity contribution >= 4 is 11.8 Å². The average Bonchev–Trinajstić information content (AvgIpc) is 1.85. The Kier molecular flexibility index (Phi) is 6.21. The molecule has 0 radical (unpaired) electrons. The van der Waals surface area contributed by atoms with E-state index in [9.17, 15) is 0 Å². The monoisotopic (exact) mass is 146 g/mol. The van der Waals surface area contributed by atoms with Crippen LogP contribution in [0.3, 0.4) is 0 Å². The topological polar surface area (TPSA) is 9.23 Å². The van der Waals surface area contributed by atoms with E-state index in [1.807, 2.05) is 12.3 Å². The van der Waals surface area contributed by atoms with E-state index in [-0.39, 0.29) is 0 Å². The number of ether oxygens (including phenoxy) is 1. The Hall–Kier alpha value is 0.0500. The van der Waals surface area contributed by atoms with E-state index >= 15 is 0 Å². The van der Waals surface area contributed by atoms with Crippen LogP contribution in [0, 0.1) is 0 Å². The normalized spacial score (nSPS) is 13.1. The van der Waals surface area contributed by atoms with Gasteiger partial charge in [0.05, 0.1) is 12.0 Å². The summed E-state index contributed by atoms with van der Waals surface area (Å²) in [6.07, 6.45) is 5.18. The third kappa shape index (κ3) is 5.93. The first-order chi connectivity index (χ1) is 4.31. The van der Waals surface area contributed by atoms with Crippen LogP contribution in [0.15, 0.2) is 12.7 Å². The molecular formula is C7H14OS. The first-order valence-electron chi connectivity index (χ1n) is 3.02. The van der Waals surface area contributed by atoms with Crippen molar-refractivity contribution in [1.29, 1.82) is 0 Å². The zero-order valence-corrected chi connectivity index (χ0v) is 6.91. The molecule has 0 aromatic carbocycles. The molecule has 0 rings (SSSR count). The molecule has 0 aliphatic carbocycles. The Morgan fingerprint density at radius 3 is 2.89 bits per heavy atom. The molecule has 2 heteroatoms. The van der Waals surface area contributed by atoms with Crippen LogP contribution in [-0.4, -0.2) is 18.3 Å². The van der Waals surface area contributed by atoms with Gasteiger partial charge in [-0.1, -0.05) is 6.08 Å². The zero-order chi connectivity index (χ0) is 7.11. The second-order valence-electron chi connectivity index (χ2n) is 1.91. The second-order valence-corrected chi connectivity index (χ2v) is 2.72. The van der Waals surface area contributed by atoms with Crippen molar-refractivity contribution in [3.63, 3.8) is 0 Å². The zero-order valence-electron chi connectivity index (χ0n) is 6.09. The van der Waals surface area contributed by atoms with E-state index in [2.05, 4.69) is 13.5 Å². The minimum absolute atomic E-state index is 0.329. The molecule has 0 aliphatic heterocycles. The largest absolute Gasteiger partial charge is 0.368 e. The van der Waals surface area contributed by atoms with Crippen molar-refractivity contribution in [2.45, 2.75) is 19.4 Å². The van der Waals surface area contributed by atoms with E-state index in [1.54, 1.807) is 11.8 Å². The molecule has 0 aliphatic rings. The van der Waals surface area contributed by atoms with Crippen molar-refractivity contribution in [2.75, 3.05) is 12.2 Å². The molecule has 0 aromatic rings. The van der Waals surface area contributed by atoms with Crippen LogP contribution in [0.1, 0.15) is 13.3 Å². The van der Waals surface area contributed by atoms with Crippen molar-refractivity contribution in [3.8, 4) is 0 Å². The fourth-order valence-corrected chi connectivity index (χ4v) is 0.855. The van der Waals surface area contributed by atoms with Gasteiger partial charge in [0, 0.05) is 0 Å². The summed E-state index contributed by atoms with van der Waals surface area (Å²) in [5.41, 5.74) is 0. The third-order valence-corrected chi connectivity index (χ3v) is 1.34. The predicted molar refractivity (Wildman–Crippen MR) is 43.7 cm³/mol. The van der Waals surface area contributed by atoms with Crippen LogP contribution in [0.2, 0.25) is 0 Å². The fourth-order valence-electron chi connectivity index (χ4n) is 0.487. The standard InChI is InChI=1S/C7H14OS/c1-4-5-7(2)8-6-9-3/h4,7H,1,5-6H2,2-3H3. The van der Waals surface area contributed by atoms with E-state index < -0.39 is 0 Å². The van der Waals surface area contributed by atoms with Gasteiger partial charge in [0.15, 0.2) is 0 Å². The molecule has 0 aromatic heterocycles. The van der Waals surface area contributed by atoms with Gasteiger partial charge in [0.2, 0.25) is 0 Å². The van der Waals surface area contributed by atoms with Gasteiger partial charge >= 0.3 is 0 Å². The summed E-state index contributed by atoms with van der Waals surface area (Å²) >= 11 is 1.70. The average molecular weight is 146 g/mol. The maximum absolute atomic E-state index is 5.32. The highest BCUT2D eigenvalue weighted by molar-refractivity contribution is 7.98. The van der Waals surface area contributed by atoms with Gasteiger partial charge in [-0.05, 0) is 19.6 Å². The summed E-state index contributed by atoms with van der Waals surface area (Å²) in [4.78, 5) is 0. The Morgan fingerprint density at radius 1 is 1.78 bits per heavy atom. The van der Waals surface area contributed by atoms with Gasteiger partial charge < -0.3 is 4.74 Å². The molecule has 0 spiro atoms. The summed E-state index contributed by atoms with van der Waals surface area (Å²) < 4.78 is 5.32. The first kappa shape index (κ1) is 9.05. The number of rotatable bonds is 5. The molecule has 1 atom stereocenters. The summed E-state index contributed by atoms with van der Waals surface area (Å²) in [6, 6.07) is 0. The lowest BCUT2D eigenvalue weighted by atomic mass is 10.3. The molecule has 0 heterocycles. The number of thioether (sulfide) groups is 1. The molecule has 0 bridgehead atoms. The molecular weight excluding hydrogens is 132 g/mol. The number of hydrogen-bond donors (Lipinski definition) is 0. The Morgan fingerprint density at radius 2 is 2.44 bits per heavy atom. The summed E-state index contributed by atoms with van der Waals surface area (Å²) in [5.74, 6) is 0.787. The Labute approximate surface area is 61.5 Å². The van der Waals surface area contributed by atoms with Crippen LogP contribution in [0.5, 0.6) is 0 Å². The third-order valence-electron chi connectivity index (χ3n) is 0.969. The second kappa shape index (κ2) is 6.17. The molecule has 0 saturated carbocycles. The van der Waals surface area contributed by atoms with Crippen LogP contribution in [-0.2, 0) is 4.74 Å². The summed E-state index contributed by atoms with van der Waals surface area (Å²) in [7, 11) is 0. The van der Waals surface area contributed by atoms with Gasteiger partial charge in [-0.15, -0.1) is 18.3 Å². The first-order valence-corrected chi connectivity index (χ1v) is 4.42. The van der Waals surface area contributed by atoms with E-state index in [0.717, 1.165) is 12.4 Å². The van der Waals surface area contributed by atoms with Gasteiger partial charge in [-0.2, -0.15) is 0 Å². The van der Waals surface area contributed by atoms with Gasteiger partial charge in [0.1, 0.15) is 0 Å². The molecule has 1 unspecified atom stereocenters. The van der Waals surface area contributed by atoms with Gasteiger partial charge in [-0.3, -0.25) is 0 Å². The van der Waals surface area contributed by atoms with Crippen LogP contribution < -0.4 is 0 Å². The molecule has 0 amide bonds. The lowest BCUT2D eigenvalue weighted by Gasteiger charge is -2.07. The van der Waals surface area contributed by atoms with Gasteiger partial charge in [0.25, 0.3) is 0 Å². The maximum Gasteiger partial charge on any atom is 0.0921 e. The molecule has 0 fully saturated rings. The summed E-state index contributed by atoms with van der Waals surface area (Å²) in [6.45, 7) is 5.68. The maximum atomic E-state index is 5.32. The quantitative estimate of drug-likeness (QED) is 0.435. The molecule has 9 heavy (non-hydrogen) atoms. The Bertz CT molecular complexity index is 73.3. The molecule has 1 nitrogen and oxygen atoms in total. The molecule has 0 saturated heterocycles. The van der Waals surface area contributed by atoms with Crippen LogP contribution >= 0.6 is 11.8 Å². The van der Waals surface area contributed by atoms with Crippen LogP contribution in [0.25, 0.3) is 0 Å². The lowest BCUT2D eigenvalue weighted by Crippen LogP contribution is -2.05. The fraction of sp³-hybridized carbons (Fsp3) is 0.714. The molecule has 54 valence electrons. The minimum atomic E-state index is 0.329. The smallest absolute Gasteiger partial charge is 0.0921 e.